The third kappa shape index (κ3) is 3.47. The lowest BCUT2D eigenvalue weighted by molar-refractivity contribution is 0.162. The second kappa shape index (κ2) is 5.07. The maximum absolute atomic E-state index is 11.1. The van der Waals surface area contributed by atoms with E-state index in [1.165, 1.54) is 0 Å². The molecule has 0 saturated carbocycles. The molecule has 6 heteroatoms. The van der Waals surface area contributed by atoms with E-state index < -0.39 is 19.4 Å². The van der Waals surface area contributed by atoms with Crippen molar-refractivity contribution in [3.8, 4) is 0 Å². The molecule has 0 aliphatic carbocycles. The molecule has 1 rings (SSSR count). The first-order valence-corrected chi connectivity index (χ1v) is 6.14. The molecule has 1 atom stereocenters. The maximum Gasteiger partial charge on any atom is 0.392 e. The lowest BCUT2D eigenvalue weighted by Gasteiger charge is -2.08. The first-order valence-electron chi connectivity index (χ1n) is 4.29. The van der Waals surface area contributed by atoms with E-state index in [0.717, 1.165) is 5.56 Å². The van der Waals surface area contributed by atoms with Crippen molar-refractivity contribution in [2.24, 2.45) is 5.73 Å². The molecular weight excluding hydrogens is 217 g/mol. The van der Waals surface area contributed by atoms with Gasteiger partial charge in [0.05, 0.1) is 6.29 Å². The smallest absolute Gasteiger partial charge is 0.392 e. The largest absolute Gasteiger partial charge is 0.454 e. The SMILES string of the molecule is NCP(=O)(O)C(=O)OCc1ccccc1. The van der Waals surface area contributed by atoms with Gasteiger partial charge in [0.15, 0.2) is 0 Å². The zero-order chi connectivity index (χ0) is 11.3. The normalized spacial score (nSPS) is 14.3. The number of benzene rings is 1. The van der Waals surface area contributed by atoms with Crippen LogP contribution in [0.3, 0.4) is 0 Å². The topological polar surface area (TPSA) is 89.6 Å². The van der Waals surface area contributed by atoms with Crippen molar-refractivity contribution < 1.29 is 19.0 Å². The molecule has 82 valence electrons. The van der Waals surface area contributed by atoms with Crippen LogP contribution in [0.5, 0.6) is 0 Å². The van der Waals surface area contributed by atoms with Crippen LogP contribution in [0, 0.1) is 0 Å². The molecular formula is C9H12NO4P. The number of hydrogen-bond donors (Lipinski definition) is 2. The highest BCUT2D eigenvalue weighted by atomic mass is 31.2. The van der Waals surface area contributed by atoms with Gasteiger partial charge in [-0.3, -0.25) is 4.57 Å². The van der Waals surface area contributed by atoms with Gasteiger partial charge >= 0.3 is 13.1 Å². The van der Waals surface area contributed by atoms with Crippen LogP contribution in [0.1, 0.15) is 5.56 Å². The Kier molecular flexibility index (Phi) is 4.03. The molecule has 0 amide bonds. The molecule has 1 aromatic rings. The average Bonchev–Trinajstić information content (AvgIpc) is 2.27. The fourth-order valence-electron chi connectivity index (χ4n) is 0.895. The Morgan fingerprint density at radius 3 is 2.53 bits per heavy atom. The highest BCUT2D eigenvalue weighted by Crippen LogP contribution is 2.40. The molecule has 0 radical (unpaired) electrons. The summed E-state index contributed by atoms with van der Waals surface area (Å²) in [4.78, 5) is 20.1. The van der Waals surface area contributed by atoms with Crippen LogP contribution in [-0.4, -0.2) is 16.9 Å². The summed E-state index contributed by atoms with van der Waals surface area (Å²) in [7, 11) is -3.98. The van der Waals surface area contributed by atoms with Gasteiger partial charge in [0.2, 0.25) is 0 Å². The molecule has 0 aliphatic rings. The lowest BCUT2D eigenvalue weighted by Crippen LogP contribution is -2.10. The van der Waals surface area contributed by atoms with Crippen molar-refractivity contribution in [1.29, 1.82) is 0 Å². The Hall–Kier alpha value is -1.16. The van der Waals surface area contributed by atoms with Gasteiger partial charge < -0.3 is 15.4 Å². The van der Waals surface area contributed by atoms with Crippen molar-refractivity contribution in [1.82, 2.24) is 0 Å². The summed E-state index contributed by atoms with van der Waals surface area (Å²) >= 11 is 0. The minimum Gasteiger partial charge on any atom is -0.454 e. The first kappa shape index (κ1) is 11.9. The zero-order valence-corrected chi connectivity index (χ0v) is 8.89. The highest BCUT2D eigenvalue weighted by Gasteiger charge is 2.28. The lowest BCUT2D eigenvalue weighted by atomic mass is 10.2. The highest BCUT2D eigenvalue weighted by molar-refractivity contribution is 7.74. The van der Waals surface area contributed by atoms with Crippen LogP contribution >= 0.6 is 7.37 Å². The number of nitrogens with two attached hydrogens (primary N) is 1. The number of carbonyl (C=O) groups excluding carboxylic acids is 1. The van der Waals surface area contributed by atoms with Crippen molar-refractivity contribution in [3.63, 3.8) is 0 Å². The molecule has 0 aromatic heterocycles. The number of hydrogen-bond acceptors (Lipinski definition) is 4. The quantitative estimate of drug-likeness (QED) is 0.764. The van der Waals surface area contributed by atoms with E-state index in [4.69, 9.17) is 10.6 Å². The van der Waals surface area contributed by atoms with Gasteiger partial charge in [0, 0.05) is 0 Å². The van der Waals surface area contributed by atoms with E-state index in [1.54, 1.807) is 24.3 Å². The molecule has 0 saturated heterocycles. The van der Waals surface area contributed by atoms with Crippen molar-refractivity contribution in [2.45, 2.75) is 6.61 Å². The summed E-state index contributed by atoms with van der Waals surface area (Å²) < 4.78 is 15.7. The maximum atomic E-state index is 11.1. The molecule has 3 N–H and O–H groups in total. The van der Waals surface area contributed by atoms with Crippen molar-refractivity contribution >= 4 is 13.1 Å². The number of carbonyl (C=O) groups is 1. The Morgan fingerprint density at radius 1 is 1.40 bits per heavy atom. The standard InChI is InChI=1S/C9H12NO4P/c10-7-15(12,13)9(11)14-6-8-4-2-1-3-5-8/h1-5H,6-7,10H2,(H,12,13). The molecule has 0 fully saturated rings. The van der Waals surface area contributed by atoms with Crippen molar-refractivity contribution in [3.05, 3.63) is 35.9 Å². The Balaban J connectivity index is 2.52. The summed E-state index contributed by atoms with van der Waals surface area (Å²) in [5.41, 5.74) is 4.57. The van der Waals surface area contributed by atoms with Crippen LogP contribution < -0.4 is 5.73 Å². The second-order valence-electron chi connectivity index (χ2n) is 2.92. The van der Waals surface area contributed by atoms with Gasteiger partial charge in [0.25, 0.3) is 0 Å². The summed E-state index contributed by atoms with van der Waals surface area (Å²) in [5, 5.41) is 0. The monoisotopic (exact) mass is 229 g/mol. The van der Waals surface area contributed by atoms with Crippen molar-refractivity contribution in [2.75, 3.05) is 6.29 Å². The van der Waals surface area contributed by atoms with E-state index in [9.17, 15) is 9.36 Å². The van der Waals surface area contributed by atoms with E-state index in [0.29, 0.717) is 0 Å². The van der Waals surface area contributed by atoms with E-state index in [1.807, 2.05) is 6.07 Å². The molecule has 5 nitrogen and oxygen atoms in total. The molecule has 1 aromatic carbocycles. The van der Waals surface area contributed by atoms with Gasteiger partial charge in [-0.15, -0.1) is 0 Å². The average molecular weight is 229 g/mol. The molecule has 0 bridgehead atoms. The third-order valence-electron chi connectivity index (χ3n) is 1.74. The van der Waals surface area contributed by atoms with Gasteiger partial charge in [-0.05, 0) is 5.56 Å². The van der Waals surface area contributed by atoms with E-state index in [2.05, 4.69) is 4.74 Å². The first-order chi connectivity index (χ1) is 7.06. The zero-order valence-electron chi connectivity index (χ0n) is 8.00. The third-order valence-corrected chi connectivity index (χ3v) is 2.93. The van der Waals surface area contributed by atoms with Gasteiger partial charge in [-0.2, -0.15) is 0 Å². The summed E-state index contributed by atoms with van der Waals surface area (Å²) in [5.74, 6) is 0. The molecule has 15 heavy (non-hydrogen) atoms. The summed E-state index contributed by atoms with van der Waals surface area (Å²) in [6, 6.07) is 8.88. The van der Waals surface area contributed by atoms with Gasteiger partial charge in [-0.25, -0.2) is 4.79 Å². The fraction of sp³-hybridized carbons (Fsp3) is 0.222. The van der Waals surface area contributed by atoms with E-state index >= 15 is 0 Å². The Bertz CT molecular complexity index is 379. The second-order valence-corrected chi connectivity index (χ2v) is 5.06. The number of rotatable bonds is 4. The predicted octanol–water partition coefficient (Wildman–Crippen LogP) is 1.51. The van der Waals surface area contributed by atoms with Crippen LogP contribution in [0.4, 0.5) is 4.79 Å². The minimum absolute atomic E-state index is 0.0236. The minimum atomic E-state index is -3.98. The van der Waals surface area contributed by atoms with Crippen LogP contribution in [0.25, 0.3) is 0 Å². The van der Waals surface area contributed by atoms with Gasteiger partial charge in [-0.1, -0.05) is 30.3 Å². The fourth-order valence-corrected chi connectivity index (χ4v) is 1.31. The predicted molar refractivity (Wildman–Crippen MR) is 55.5 cm³/mol. The molecule has 0 heterocycles. The summed E-state index contributed by atoms with van der Waals surface area (Å²) in [6.45, 7) is -0.0236. The Morgan fingerprint density at radius 2 is 2.00 bits per heavy atom. The van der Waals surface area contributed by atoms with Crippen LogP contribution in [0.2, 0.25) is 0 Å². The van der Waals surface area contributed by atoms with Crippen LogP contribution in [-0.2, 0) is 15.9 Å². The molecule has 0 aliphatic heterocycles. The van der Waals surface area contributed by atoms with Gasteiger partial charge in [0.1, 0.15) is 6.61 Å². The summed E-state index contributed by atoms with van der Waals surface area (Å²) in [6.07, 6.45) is -0.597. The molecule has 1 unspecified atom stereocenters. The van der Waals surface area contributed by atoms with E-state index in [-0.39, 0.29) is 6.61 Å². The Labute approximate surface area is 87.3 Å². The number of ether oxygens (including phenoxy) is 1. The van der Waals surface area contributed by atoms with Crippen LogP contribution in [0.15, 0.2) is 30.3 Å². The molecule has 0 spiro atoms.